The maximum Gasteiger partial charge on any atom is 0.243 e. The summed E-state index contributed by atoms with van der Waals surface area (Å²) in [6.07, 6.45) is 3.29. The molecule has 1 aliphatic rings. The molecule has 2 aromatic heterocycles. The number of nitrogens with zero attached hydrogens (tertiary/aromatic N) is 6. The molecule has 32 heavy (non-hydrogen) atoms. The SMILES string of the molecule is Cc1ncn(-c2cc(N3CCN(S(=O)(=O)c4ccc5ccccc5c4)CC3)ncn2)c1C. The predicted molar refractivity (Wildman–Crippen MR) is 124 cm³/mol. The molecule has 8 nitrogen and oxygen atoms in total. The molecular formula is C23H24N6O2S. The first-order valence-corrected chi connectivity index (χ1v) is 11.9. The molecule has 9 heteroatoms. The number of hydrogen-bond donors (Lipinski definition) is 0. The monoisotopic (exact) mass is 448 g/mol. The van der Waals surface area contributed by atoms with E-state index in [-0.39, 0.29) is 0 Å². The molecule has 0 bridgehead atoms. The number of benzene rings is 2. The van der Waals surface area contributed by atoms with Gasteiger partial charge in [0.2, 0.25) is 10.0 Å². The highest BCUT2D eigenvalue weighted by molar-refractivity contribution is 7.89. The van der Waals surface area contributed by atoms with Crippen LogP contribution >= 0.6 is 0 Å². The molecule has 0 spiro atoms. The van der Waals surface area contributed by atoms with E-state index in [2.05, 4.69) is 19.9 Å². The maximum atomic E-state index is 13.2. The summed E-state index contributed by atoms with van der Waals surface area (Å²) in [4.78, 5) is 15.6. The largest absolute Gasteiger partial charge is 0.354 e. The van der Waals surface area contributed by atoms with Crippen molar-refractivity contribution in [3.8, 4) is 5.82 Å². The number of imidazole rings is 1. The van der Waals surface area contributed by atoms with Crippen molar-refractivity contribution < 1.29 is 8.42 Å². The lowest BCUT2D eigenvalue weighted by molar-refractivity contribution is 0.384. The minimum Gasteiger partial charge on any atom is -0.354 e. The molecule has 0 amide bonds. The highest BCUT2D eigenvalue weighted by Crippen LogP contribution is 2.24. The Morgan fingerprint density at radius 3 is 2.25 bits per heavy atom. The quantitative estimate of drug-likeness (QED) is 0.477. The second kappa shape index (κ2) is 7.99. The third-order valence-corrected chi connectivity index (χ3v) is 7.95. The van der Waals surface area contributed by atoms with Crippen molar-refractivity contribution in [1.29, 1.82) is 0 Å². The number of sulfonamides is 1. The Morgan fingerprint density at radius 1 is 0.812 bits per heavy atom. The van der Waals surface area contributed by atoms with Gasteiger partial charge in [0.15, 0.2) is 0 Å². The van der Waals surface area contributed by atoms with Crippen molar-refractivity contribution in [2.75, 3.05) is 31.1 Å². The normalized spacial score (nSPS) is 15.4. The van der Waals surface area contributed by atoms with Gasteiger partial charge in [-0.05, 0) is 36.8 Å². The summed E-state index contributed by atoms with van der Waals surface area (Å²) in [5.41, 5.74) is 1.98. The summed E-state index contributed by atoms with van der Waals surface area (Å²) < 4.78 is 29.9. The molecule has 1 aliphatic heterocycles. The van der Waals surface area contributed by atoms with Crippen LogP contribution in [0.1, 0.15) is 11.4 Å². The molecular weight excluding hydrogens is 424 g/mol. The summed E-state index contributed by atoms with van der Waals surface area (Å²) in [6, 6.07) is 15.0. The van der Waals surface area contributed by atoms with E-state index in [0.717, 1.165) is 33.8 Å². The first-order chi connectivity index (χ1) is 15.4. The summed E-state index contributed by atoms with van der Waals surface area (Å²) in [6.45, 7) is 5.88. The zero-order chi connectivity index (χ0) is 22.3. The fourth-order valence-electron chi connectivity index (χ4n) is 4.01. The van der Waals surface area contributed by atoms with Crippen LogP contribution in [0.2, 0.25) is 0 Å². The van der Waals surface area contributed by atoms with Gasteiger partial charge in [0.25, 0.3) is 0 Å². The van der Waals surface area contributed by atoms with Gasteiger partial charge >= 0.3 is 0 Å². The average molecular weight is 449 g/mol. The number of piperazine rings is 1. The molecule has 1 fully saturated rings. The van der Waals surface area contributed by atoms with Gasteiger partial charge in [0.05, 0.1) is 10.6 Å². The lowest BCUT2D eigenvalue weighted by Crippen LogP contribution is -2.48. The van der Waals surface area contributed by atoms with Gasteiger partial charge in [-0.1, -0.05) is 30.3 Å². The maximum absolute atomic E-state index is 13.2. The minimum atomic E-state index is -3.55. The van der Waals surface area contributed by atoms with Gasteiger partial charge in [-0.25, -0.2) is 23.4 Å². The van der Waals surface area contributed by atoms with E-state index in [4.69, 9.17) is 0 Å². The van der Waals surface area contributed by atoms with Crippen molar-refractivity contribution in [2.45, 2.75) is 18.7 Å². The Balaban J connectivity index is 1.33. The van der Waals surface area contributed by atoms with E-state index in [0.29, 0.717) is 31.1 Å². The number of fused-ring (bicyclic) bond motifs is 1. The van der Waals surface area contributed by atoms with Crippen LogP contribution in [0.25, 0.3) is 16.6 Å². The van der Waals surface area contributed by atoms with Gasteiger partial charge in [0.1, 0.15) is 24.3 Å². The van der Waals surface area contributed by atoms with Crippen LogP contribution in [0, 0.1) is 13.8 Å². The van der Waals surface area contributed by atoms with Crippen LogP contribution in [0.3, 0.4) is 0 Å². The topological polar surface area (TPSA) is 84.2 Å². The van der Waals surface area contributed by atoms with E-state index >= 15 is 0 Å². The minimum absolute atomic E-state index is 0.333. The summed E-state index contributed by atoms with van der Waals surface area (Å²) >= 11 is 0. The molecule has 0 aliphatic carbocycles. The first-order valence-electron chi connectivity index (χ1n) is 10.5. The molecule has 164 valence electrons. The third kappa shape index (κ3) is 3.63. The third-order valence-electron chi connectivity index (χ3n) is 6.06. The van der Waals surface area contributed by atoms with Crippen LogP contribution in [0.5, 0.6) is 0 Å². The average Bonchev–Trinajstić information content (AvgIpc) is 3.17. The van der Waals surface area contributed by atoms with Gasteiger partial charge in [0, 0.05) is 37.9 Å². The first kappa shape index (κ1) is 20.6. The van der Waals surface area contributed by atoms with Crippen molar-refractivity contribution in [3.05, 3.63) is 72.6 Å². The van der Waals surface area contributed by atoms with Gasteiger partial charge in [-0.3, -0.25) is 4.57 Å². The van der Waals surface area contributed by atoms with Crippen LogP contribution in [0.4, 0.5) is 5.82 Å². The Hall–Kier alpha value is -3.30. The van der Waals surface area contributed by atoms with Crippen LogP contribution in [-0.2, 0) is 10.0 Å². The molecule has 0 atom stereocenters. The van der Waals surface area contributed by atoms with E-state index < -0.39 is 10.0 Å². The molecule has 0 N–H and O–H groups in total. The molecule has 0 radical (unpaired) electrons. The number of anilines is 1. The molecule has 3 heterocycles. The Labute approximate surface area is 187 Å². The zero-order valence-corrected chi connectivity index (χ0v) is 18.8. The summed E-state index contributed by atoms with van der Waals surface area (Å²) in [7, 11) is -3.55. The molecule has 1 saturated heterocycles. The fraction of sp³-hybridized carbons (Fsp3) is 0.261. The Bertz CT molecular complexity index is 1390. The Kier molecular flexibility index (Phi) is 5.15. The molecule has 2 aromatic carbocycles. The Morgan fingerprint density at radius 2 is 1.53 bits per heavy atom. The smallest absolute Gasteiger partial charge is 0.243 e. The summed E-state index contributed by atoms with van der Waals surface area (Å²) in [5, 5.41) is 1.95. The number of rotatable bonds is 4. The molecule has 0 unspecified atom stereocenters. The number of aryl methyl sites for hydroxylation is 1. The van der Waals surface area contributed by atoms with Crippen LogP contribution in [-0.4, -0.2) is 58.4 Å². The lowest BCUT2D eigenvalue weighted by atomic mass is 10.1. The van der Waals surface area contributed by atoms with E-state index in [1.165, 1.54) is 6.33 Å². The van der Waals surface area contributed by atoms with E-state index in [1.54, 1.807) is 22.8 Å². The second-order valence-electron chi connectivity index (χ2n) is 7.92. The highest BCUT2D eigenvalue weighted by Gasteiger charge is 2.29. The second-order valence-corrected chi connectivity index (χ2v) is 9.86. The zero-order valence-electron chi connectivity index (χ0n) is 18.0. The number of aromatic nitrogens is 4. The lowest BCUT2D eigenvalue weighted by Gasteiger charge is -2.34. The standard InChI is InChI=1S/C23H24N6O2S/c1-17-18(2)29(16-26-17)23-14-22(24-15-25-23)27-9-11-28(12-10-27)32(30,31)21-8-7-19-5-3-4-6-20(19)13-21/h3-8,13-16H,9-12H2,1-2H3. The number of hydrogen-bond acceptors (Lipinski definition) is 6. The van der Waals surface area contributed by atoms with Crippen molar-refractivity contribution in [2.24, 2.45) is 0 Å². The van der Waals surface area contributed by atoms with E-state index in [1.807, 2.05) is 54.8 Å². The highest BCUT2D eigenvalue weighted by atomic mass is 32.2. The molecule has 0 saturated carbocycles. The van der Waals surface area contributed by atoms with Crippen LogP contribution in [0.15, 0.2) is 66.1 Å². The van der Waals surface area contributed by atoms with Crippen molar-refractivity contribution >= 4 is 26.6 Å². The molecule has 5 rings (SSSR count). The van der Waals surface area contributed by atoms with Crippen LogP contribution < -0.4 is 4.90 Å². The van der Waals surface area contributed by atoms with Crippen molar-refractivity contribution in [3.63, 3.8) is 0 Å². The van der Waals surface area contributed by atoms with Gasteiger partial charge in [-0.15, -0.1) is 0 Å². The van der Waals surface area contributed by atoms with Gasteiger partial charge in [-0.2, -0.15) is 4.31 Å². The molecule has 4 aromatic rings. The fourth-order valence-corrected chi connectivity index (χ4v) is 5.46. The predicted octanol–water partition coefficient (Wildman–Crippen LogP) is 2.94. The summed E-state index contributed by atoms with van der Waals surface area (Å²) in [5.74, 6) is 1.53. The van der Waals surface area contributed by atoms with E-state index in [9.17, 15) is 8.42 Å². The van der Waals surface area contributed by atoms with Crippen molar-refractivity contribution in [1.82, 2.24) is 23.8 Å². The van der Waals surface area contributed by atoms with Gasteiger partial charge < -0.3 is 4.90 Å².